The van der Waals surface area contributed by atoms with Gasteiger partial charge in [-0.25, -0.2) is 4.79 Å². The summed E-state index contributed by atoms with van der Waals surface area (Å²) in [4.78, 5) is 19.3. The number of nitrogens with zero attached hydrogens (tertiary/aromatic N) is 3. The molecular formula is C28H26N4O2S. The van der Waals surface area contributed by atoms with Crippen molar-refractivity contribution in [3.8, 4) is 5.69 Å². The van der Waals surface area contributed by atoms with Gasteiger partial charge in [0, 0.05) is 23.3 Å². The first-order chi connectivity index (χ1) is 17.0. The van der Waals surface area contributed by atoms with Crippen molar-refractivity contribution in [1.82, 2.24) is 14.9 Å². The monoisotopic (exact) mass is 482 g/mol. The average molecular weight is 483 g/mol. The van der Waals surface area contributed by atoms with E-state index >= 15 is 0 Å². The van der Waals surface area contributed by atoms with Gasteiger partial charge in [0.1, 0.15) is 0 Å². The molecule has 0 saturated carbocycles. The fourth-order valence-electron chi connectivity index (χ4n) is 4.95. The normalized spacial score (nSPS) is 17.3. The predicted molar refractivity (Wildman–Crippen MR) is 141 cm³/mol. The Morgan fingerprint density at radius 2 is 1.71 bits per heavy atom. The number of hydrogen-bond acceptors (Lipinski definition) is 4. The van der Waals surface area contributed by atoms with Crippen LogP contribution in [0.4, 0.5) is 5.69 Å². The van der Waals surface area contributed by atoms with Gasteiger partial charge in [0.15, 0.2) is 5.11 Å². The molecule has 1 aliphatic rings. The van der Waals surface area contributed by atoms with Crippen molar-refractivity contribution in [3.05, 3.63) is 113 Å². The molecule has 2 atom stereocenters. The molecule has 2 aromatic heterocycles. The lowest BCUT2D eigenvalue weighted by Crippen LogP contribution is -2.29. The van der Waals surface area contributed by atoms with E-state index < -0.39 is 0 Å². The third-order valence-corrected chi connectivity index (χ3v) is 6.79. The van der Waals surface area contributed by atoms with Crippen molar-refractivity contribution < 1.29 is 9.53 Å². The molecule has 7 heteroatoms. The second-order valence-corrected chi connectivity index (χ2v) is 8.89. The van der Waals surface area contributed by atoms with E-state index in [1.807, 2.05) is 61.5 Å². The van der Waals surface area contributed by atoms with Crippen molar-refractivity contribution in [3.63, 3.8) is 0 Å². The van der Waals surface area contributed by atoms with Gasteiger partial charge in [-0.3, -0.25) is 4.98 Å². The number of rotatable bonds is 5. The van der Waals surface area contributed by atoms with Crippen LogP contribution < -0.4 is 10.2 Å². The Morgan fingerprint density at radius 1 is 1.00 bits per heavy atom. The number of carbonyl (C=O) groups excluding carboxylic acids is 1. The number of anilines is 1. The van der Waals surface area contributed by atoms with E-state index in [1.165, 1.54) is 7.11 Å². The number of nitrogens with one attached hydrogen (secondary N) is 1. The first kappa shape index (κ1) is 22.8. The summed E-state index contributed by atoms with van der Waals surface area (Å²) in [6.07, 6.45) is 1.80. The molecule has 176 valence electrons. The van der Waals surface area contributed by atoms with Gasteiger partial charge in [-0.2, -0.15) is 0 Å². The number of thiocarbonyl (C=S) groups is 1. The van der Waals surface area contributed by atoms with Crippen LogP contribution in [0.15, 0.2) is 85.1 Å². The van der Waals surface area contributed by atoms with E-state index in [-0.39, 0.29) is 18.1 Å². The van der Waals surface area contributed by atoms with Gasteiger partial charge in [0.25, 0.3) is 0 Å². The number of hydrogen-bond donors (Lipinski definition) is 1. The number of ether oxygens (including phenoxy) is 1. The standard InChI is InChI=1S/C28H26N4O2S/c1-18-17-22(19(2)31(18)24-15-8-7-13-21(24)27(33)34-3)26-25(23-14-9-10-16-29-23)30-28(35)32(26)20-11-5-4-6-12-20/h4-17,25-26H,1-3H3,(H,30,35)/t25-,26+/m0/s1. The molecule has 0 unspecified atom stereocenters. The topological polar surface area (TPSA) is 59.4 Å². The number of methoxy groups -OCH3 is 1. The van der Waals surface area contributed by atoms with E-state index in [0.717, 1.165) is 34.0 Å². The smallest absolute Gasteiger partial charge is 0.339 e. The van der Waals surface area contributed by atoms with Crippen LogP contribution >= 0.6 is 12.2 Å². The fraction of sp³-hybridized carbons (Fsp3) is 0.179. The van der Waals surface area contributed by atoms with Gasteiger partial charge in [0.2, 0.25) is 0 Å². The van der Waals surface area contributed by atoms with Crippen LogP contribution in [0, 0.1) is 13.8 Å². The molecule has 6 nitrogen and oxygen atoms in total. The summed E-state index contributed by atoms with van der Waals surface area (Å²) in [7, 11) is 1.40. The lowest BCUT2D eigenvalue weighted by molar-refractivity contribution is 0.0600. The SMILES string of the molecule is COC(=O)c1ccccc1-n1c(C)cc([C@@H]2[C@H](c3ccccn3)NC(=S)N2c2ccccc2)c1C. The summed E-state index contributed by atoms with van der Waals surface area (Å²) in [5.41, 5.74) is 6.37. The molecule has 0 radical (unpaired) electrons. The van der Waals surface area contributed by atoms with Crippen LogP contribution in [0.3, 0.4) is 0 Å². The van der Waals surface area contributed by atoms with Gasteiger partial charge >= 0.3 is 5.97 Å². The highest BCUT2D eigenvalue weighted by Gasteiger charge is 2.42. The minimum atomic E-state index is -0.365. The molecule has 5 rings (SSSR count). The molecule has 0 aliphatic carbocycles. The third-order valence-electron chi connectivity index (χ3n) is 6.47. The molecule has 0 bridgehead atoms. The van der Waals surface area contributed by atoms with Crippen molar-refractivity contribution >= 4 is 29.0 Å². The van der Waals surface area contributed by atoms with E-state index in [9.17, 15) is 4.79 Å². The molecule has 3 heterocycles. The fourth-order valence-corrected chi connectivity index (χ4v) is 5.29. The number of pyridine rings is 1. The van der Waals surface area contributed by atoms with Gasteiger partial charge < -0.3 is 19.5 Å². The molecule has 35 heavy (non-hydrogen) atoms. The third kappa shape index (κ3) is 3.98. The highest BCUT2D eigenvalue weighted by Crippen LogP contribution is 2.43. The lowest BCUT2D eigenvalue weighted by Gasteiger charge is -2.28. The van der Waals surface area contributed by atoms with E-state index in [4.69, 9.17) is 17.0 Å². The van der Waals surface area contributed by atoms with Gasteiger partial charge in [-0.1, -0.05) is 36.4 Å². The lowest BCUT2D eigenvalue weighted by atomic mass is 9.96. The largest absolute Gasteiger partial charge is 0.465 e. The summed E-state index contributed by atoms with van der Waals surface area (Å²) in [5, 5.41) is 4.16. The Balaban J connectivity index is 1.69. The highest BCUT2D eigenvalue weighted by molar-refractivity contribution is 7.80. The zero-order chi connectivity index (χ0) is 24.5. The van der Waals surface area contributed by atoms with Crippen LogP contribution in [0.2, 0.25) is 0 Å². The van der Waals surface area contributed by atoms with Gasteiger partial charge in [0.05, 0.1) is 36.1 Å². The summed E-state index contributed by atoms with van der Waals surface area (Å²) in [6, 6.07) is 25.5. The van der Waals surface area contributed by atoms with Crippen molar-refractivity contribution in [1.29, 1.82) is 0 Å². The maximum atomic E-state index is 12.5. The zero-order valence-corrected chi connectivity index (χ0v) is 20.6. The average Bonchev–Trinajstić information content (AvgIpc) is 3.39. The molecule has 4 aromatic rings. The quantitative estimate of drug-likeness (QED) is 0.301. The molecule has 1 N–H and O–H groups in total. The maximum absolute atomic E-state index is 12.5. The van der Waals surface area contributed by atoms with E-state index in [1.54, 1.807) is 12.3 Å². The van der Waals surface area contributed by atoms with Crippen molar-refractivity contribution in [2.24, 2.45) is 0 Å². The van der Waals surface area contributed by atoms with Crippen molar-refractivity contribution in [2.45, 2.75) is 25.9 Å². The first-order valence-corrected chi connectivity index (χ1v) is 11.8. The summed E-state index contributed by atoms with van der Waals surface area (Å²) >= 11 is 5.84. The molecular weight excluding hydrogens is 456 g/mol. The van der Waals surface area contributed by atoms with Crippen LogP contribution in [0.1, 0.15) is 45.1 Å². The molecule has 0 spiro atoms. The number of aromatic nitrogens is 2. The highest BCUT2D eigenvalue weighted by atomic mass is 32.1. The molecule has 2 aromatic carbocycles. The van der Waals surface area contributed by atoms with E-state index in [0.29, 0.717) is 10.7 Å². The van der Waals surface area contributed by atoms with Gasteiger partial charge in [-0.15, -0.1) is 0 Å². The second kappa shape index (κ2) is 9.35. The Kier molecular flexibility index (Phi) is 6.09. The predicted octanol–water partition coefficient (Wildman–Crippen LogP) is 5.45. The van der Waals surface area contributed by atoms with Crippen molar-refractivity contribution in [2.75, 3.05) is 12.0 Å². The Hall–Kier alpha value is -3.97. The summed E-state index contributed by atoms with van der Waals surface area (Å²) < 4.78 is 7.17. The number of aryl methyl sites for hydroxylation is 1. The van der Waals surface area contributed by atoms with Crippen LogP contribution in [-0.4, -0.2) is 27.7 Å². The van der Waals surface area contributed by atoms with Crippen LogP contribution in [0.25, 0.3) is 5.69 Å². The van der Waals surface area contributed by atoms with Crippen LogP contribution in [-0.2, 0) is 4.74 Å². The molecule has 1 saturated heterocycles. The minimum Gasteiger partial charge on any atom is -0.465 e. The minimum absolute atomic E-state index is 0.134. The summed E-state index contributed by atoms with van der Waals surface area (Å²) in [6.45, 7) is 4.13. The number of benzene rings is 2. The molecule has 1 aliphatic heterocycles. The van der Waals surface area contributed by atoms with Gasteiger partial charge in [-0.05, 0) is 74.1 Å². The second-order valence-electron chi connectivity index (χ2n) is 8.50. The molecule has 1 fully saturated rings. The number of carbonyl (C=O) groups is 1. The van der Waals surface area contributed by atoms with Crippen LogP contribution in [0.5, 0.6) is 0 Å². The molecule has 0 amide bonds. The number of para-hydroxylation sites is 2. The Bertz CT molecular complexity index is 1380. The zero-order valence-electron chi connectivity index (χ0n) is 19.8. The van der Waals surface area contributed by atoms with E-state index in [2.05, 4.69) is 44.9 Å². The first-order valence-electron chi connectivity index (χ1n) is 11.4. The maximum Gasteiger partial charge on any atom is 0.339 e. The Morgan fingerprint density at radius 3 is 2.43 bits per heavy atom. The summed E-state index contributed by atoms with van der Waals surface area (Å²) in [5.74, 6) is -0.365. The number of esters is 1. The Labute approximate surface area is 210 Å².